The van der Waals surface area contributed by atoms with Gasteiger partial charge >= 0.3 is 5.97 Å². The third-order valence-electron chi connectivity index (χ3n) is 4.48. The smallest absolute Gasteiger partial charge is 0.314 e. The number of carboxylic acids is 1. The lowest BCUT2D eigenvalue weighted by molar-refractivity contribution is -0.140. The van der Waals surface area contributed by atoms with E-state index in [1.54, 1.807) is 13.2 Å². The zero-order valence-electron chi connectivity index (χ0n) is 11.0. The molecule has 0 saturated heterocycles. The van der Waals surface area contributed by atoms with E-state index in [0.29, 0.717) is 18.4 Å². The fraction of sp³-hybridized carbons (Fsp3) is 0.533. The van der Waals surface area contributed by atoms with Gasteiger partial charge in [-0.15, -0.1) is 0 Å². The molecule has 0 atom stereocenters. The normalized spacial score (nSPS) is 19.6. The molecule has 0 spiro atoms. The standard InChI is InChI=1S/C15H18O4/c1-19-12-8-11(15(6-7-15)14(17)18)13(16)10-5-3-2-4-9(10)12/h8,16H,2-7H2,1H3,(H,17,18). The SMILES string of the molecule is COc1cc(C2(C(=O)O)CC2)c(O)c2c1CCCC2. The average molecular weight is 262 g/mol. The van der Waals surface area contributed by atoms with E-state index in [1.165, 1.54) is 0 Å². The molecule has 3 rings (SSSR count). The first-order valence-corrected chi connectivity index (χ1v) is 6.76. The summed E-state index contributed by atoms with van der Waals surface area (Å²) in [5.41, 5.74) is 1.60. The van der Waals surface area contributed by atoms with Crippen LogP contribution < -0.4 is 4.74 Å². The minimum Gasteiger partial charge on any atom is -0.507 e. The van der Waals surface area contributed by atoms with Gasteiger partial charge in [0.15, 0.2) is 0 Å². The highest BCUT2D eigenvalue weighted by molar-refractivity contribution is 5.86. The monoisotopic (exact) mass is 262 g/mol. The Kier molecular flexibility index (Phi) is 2.69. The van der Waals surface area contributed by atoms with Crippen molar-refractivity contribution in [2.75, 3.05) is 7.11 Å². The van der Waals surface area contributed by atoms with Crippen LogP contribution in [0.4, 0.5) is 0 Å². The van der Waals surface area contributed by atoms with Crippen molar-refractivity contribution in [1.29, 1.82) is 0 Å². The van der Waals surface area contributed by atoms with Crippen LogP contribution in [0.25, 0.3) is 0 Å². The van der Waals surface area contributed by atoms with Crippen molar-refractivity contribution in [3.8, 4) is 11.5 Å². The minimum absolute atomic E-state index is 0.190. The van der Waals surface area contributed by atoms with E-state index in [-0.39, 0.29) is 5.75 Å². The van der Waals surface area contributed by atoms with E-state index in [4.69, 9.17) is 4.74 Å². The Morgan fingerprint density at radius 1 is 1.26 bits per heavy atom. The summed E-state index contributed by atoms with van der Waals surface area (Å²) in [6.45, 7) is 0. The molecule has 1 saturated carbocycles. The van der Waals surface area contributed by atoms with E-state index in [1.807, 2.05) is 0 Å². The van der Waals surface area contributed by atoms with Crippen molar-refractivity contribution in [3.63, 3.8) is 0 Å². The Hall–Kier alpha value is -1.71. The zero-order valence-corrected chi connectivity index (χ0v) is 11.0. The first-order chi connectivity index (χ1) is 9.10. The Bertz CT molecular complexity index is 544. The number of carboxylic acid groups (broad SMARTS) is 1. The van der Waals surface area contributed by atoms with Crippen LogP contribution in [0.2, 0.25) is 0 Å². The molecule has 1 aromatic carbocycles. The Balaban J connectivity index is 2.19. The molecule has 1 fully saturated rings. The number of rotatable bonds is 3. The predicted molar refractivity (Wildman–Crippen MR) is 69.8 cm³/mol. The van der Waals surface area contributed by atoms with Crippen molar-refractivity contribution >= 4 is 5.97 Å². The highest BCUT2D eigenvalue weighted by atomic mass is 16.5. The van der Waals surface area contributed by atoms with Crippen LogP contribution in [-0.4, -0.2) is 23.3 Å². The molecule has 0 amide bonds. The number of benzene rings is 1. The summed E-state index contributed by atoms with van der Waals surface area (Å²) in [5, 5.41) is 19.9. The molecule has 1 aromatic rings. The molecule has 0 bridgehead atoms. The van der Waals surface area contributed by atoms with Crippen LogP contribution in [0.3, 0.4) is 0 Å². The minimum atomic E-state index is -0.885. The number of aromatic hydroxyl groups is 1. The first-order valence-electron chi connectivity index (χ1n) is 6.76. The predicted octanol–water partition coefficient (Wildman–Crippen LogP) is 2.40. The summed E-state index contributed by atoms with van der Waals surface area (Å²) < 4.78 is 5.41. The number of methoxy groups -OCH3 is 1. The number of hydrogen-bond acceptors (Lipinski definition) is 3. The van der Waals surface area contributed by atoms with Gasteiger partial charge in [-0.3, -0.25) is 4.79 Å². The molecule has 0 aliphatic heterocycles. The Morgan fingerprint density at radius 3 is 2.42 bits per heavy atom. The average Bonchev–Trinajstić information content (AvgIpc) is 3.21. The van der Waals surface area contributed by atoms with Gasteiger partial charge in [-0.1, -0.05) is 0 Å². The highest BCUT2D eigenvalue weighted by Gasteiger charge is 2.54. The fourth-order valence-electron chi connectivity index (χ4n) is 3.16. The maximum Gasteiger partial charge on any atom is 0.314 e. The molecule has 4 nitrogen and oxygen atoms in total. The van der Waals surface area contributed by atoms with Crippen LogP contribution in [0.15, 0.2) is 6.07 Å². The molecule has 2 N–H and O–H groups in total. The Morgan fingerprint density at radius 2 is 1.89 bits per heavy atom. The van der Waals surface area contributed by atoms with E-state index in [0.717, 1.165) is 42.6 Å². The van der Waals surface area contributed by atoms with Crippen molar-refractivity contribution in [1.82, 2.24) is 0 Å². The van der Waals surface area contributed by atoms with Crippen LogP contribution >= 0.6 is 0 Å². The summed E-state index contributed by atoms with van der Waals surface area (Å²) in [7, 11) is 1.60. The molecule has 2 aliphatic carbocycles. The first kappa shape index (κ1) is 12.3. The molecule has 0 unspecified atom stereocenters. The molecule has 4 heteroatoms. The molecule has 102 valence electrons. The van der Waals surface area contributed by atoms with Crippen molar-refractivity contribution in [3.05, 3.63) is 22.8 Å². The maximum absolute atomic E-state index is 11.5. The lowest BCUT2D eigenvalue weighted by Gasteiger charge is -2.24. The van der Waals surface area contributed by atoms with Crippen LogP contribution in [0, 0.1) is 0 Å². The van der Waals surface area contributed by atoms with Gasteiger partial charge in [-0.25, -0.2) is 0 Å². The second-order valence-corrected chi connectivity index (χ2v) is 5.53. The third kappa shape index (κ3) is 1.70. The lowest BCUT2D eigenvalue weighted by Crippen LogP contribution is -2.21. The van der Waals surface area contributed by atoms with E-state index in [2.05, 4.69) is 0 Å². The summed E-state index contributed by atoms with van der Waals surface area (Å²) in [6, 6.07) is 1.74. The number of aliphatic carboxylic acids is 1. The summed E-state index contributed by atoms with van der Waals surface area (Å²) in [5.74, 6) is 0.0750. The van der Waals surface area contributed by atoms with Crippen LogP contribution in [-0.2, 0) is 23.1 Å². The number of carbonyl (C=O) groups is 1. The Labute approximate surface area is 112 Å². The van der Waals surface area contributed by atoms with Gasteiger partial charge in [0.05, 0.1) is 12.5 Å². The van der Waals surface area contributed by atoms with Crippen LogP contribution in [0.5, 0.6) is 11.5 Å². The van der Waals surface area contributed by atoms with Crippen LogP contribution in [0.1, 0.15) is 42.4 Å². The summed E-state index contributed by atoms with van der Waals surface area (Å²) >= 11 is 0. The van der Waals surface area contributed by atoms with Gasteiger partial charge in [0.1, 0.15) is 11.5 Å². The number of fused-ring (bicyclic) bond motifs is 1. The largest absolute Gasteiger partial charge is 0.507 e. The highest BCUT2D eigenvalue weighted by Crippen LogP contribution is 2.54. The van der Waals surface area contributed by atoms with Gasteiger partial charge in [0.25, 0.3) is 0 Å². The number of ether oxygens (including phenoxy) is 1. The summed E-state index contributed by atoms with van der Waals surface area (Å²) in [6.07, 6.45) is 5.02. The molecular weight excluding hydrogens is 244 g/mol. The zero-order chi connectivity index (χ0) is 13.6. The van der Waals surface area contributed by atoms with E-state index in [9.17, 15) is 15.0 Å². The molecule has 2 aliphatic rings. The van der Waals surface area contributed by atoms with Gasteiger partial charge in [0, 0.05) is 16.7 Å². The van der Waals surface area contributed by atoms with E-state index < -0.39 is 11.4 Å². The van der Waals surface area contributed by atoms with Gasteiger partial charge in [0.2, 0.25) is 0 Å². The van der Waals surface area contributed by atoms with Crippen molar-refractivity contribution in [2.24, 2.45) is 0 Å². The van der Waals surface area contributed by atoms with Gasteiger partial charge in [-0.2, -0.15) is 0 Å². The molecule has 19 heavy (non-hydrogen) atoms. The second-order valence-electron chi connectivity index (χ2n) is 5.53. The summed E-state index contributed by atoms with van der Waals surface area (Å²) in [4.78, 5) is 11.5. The molecule has 0 heterocycles. The fourth-order valence-corrected chi connectivity index (χ4v) is 3.16. The lowest BCUT2D eigenvalue weighted by atomic mass is 9.84. The third-order valence-corrected chi connectivity index (χ3v) is 4.48. The van der Waals surface area contributed by atoms with Crippen molar-refractivity contribution in [2.45, 2.75) is 43.9 Å². The maximum atomic E-state index is 11.5. The number of hydrogen-bond donors (Lipinski definition) is 2. The molecule has 0 radical (unpaired) electrons. The number of phenolic OH excluding ortho intramolecular Hbond substituents is 1. The van der Waals surface area contributed by atoms with Gasteiger partial charge < -0.3 is 14.9 Å². The second kappa shape index (κ2) is 4.15. The quantitative estimate of drug-likeness (QED) is 0.877. The van der Waals surface area contributed by atoms with E-state index >= 15 is 0 Å². The molecular formula is C15H18O4. The number of phenols is 1. The topological polar surface area (TPSA) is 66.8 Å². The molecule has 0 aromatic heterocycles. The van der Waals surface area contributed by atoms with Gasteiger partial charge in [-0.05, 0) is 44.6 Å². The van der Waals surface area contributed by atoms with Crippen molar-refractivity contribution < 1.29 is 19.7 Å².